The number of nitrogens with zero attached hydrogens (tertiary/aromatic N) is 1. The van der Waals surface area contributed by atoms with E-state index in [0.717, 1.165) is 33.1 Å². The number of benzene rings is 2. The second-order valence-corrected chi connectivity index (χ2v) is 9.05. The van der Waals surface area contributed by atoms with Gasteiger partial charge in [-0.3, -0.25) is 9.59 Å². The largest absolute Gasteiger partial charge is 0.483 e. The number of hydrogen-bond acceptors (Lipinski definition) is 3. The highest BCUT2D eigenvalue weighted by Crippen LogP contribution is 2.23. The Morgan fingerprint density at radius 3 is 2.48 bits per heavy atom. The summed E-state index contributed by atoms with van der Waals surface area (Å²) in [6.45, 7) is 11.9. The molecule has 2 aromatic carbocycles. The fourth-order valence-corrected chi connectivity index (χ4v) is 3.70. The van der Waals surface area contributed by atoms with Crippen LogP contribution in [0, 0.1) is 20.8 Å². The van der Waals surface area contributed by atoms with Crippen molar-refractivity contribution in [2.24, 2.45) is 0 Å². The van der Waals surface area contributed by atoms with Gasteiger partial charge in [0, 0.05) is 17.1 Å². The Morgan fingerprint density at radius 2 is 1.84 bits per heavy atom. The topological polar surface area (TPSA) is 58.6 Å². The molecule has 0 saturated heterocycles. The Hall–Kier alpha value is -2.34. The zero-order valence-electron chi connectivity index (χ0n) is 19.3. The Balaban J connectivity index is 2.22. The molecule has 31 heavy (non-hydrogen) atoms. The average molecular weight is 489 g/mol. The van der Waals surface area contributed by atoms with E-state index in [0.29, 0.717) is 12.3 Å². The van der Waals surface area contributed by atoms with Gasteiger partial charge in [0.15, 0.2) is 6.61 Å². The van der Waals surface area contributed by atoms with Crippen molar-refractivity contribution in [2.45, 2.75) is 66.6 Å². The van der Waals surface area contributed by atoms with Crippen LogP contribution in [0.3, 0.4) is 0 Å². The molecule has 168 valence electrons. The maximum atomic E-state index is 13.2. The number of rotatable bonds is 9. The Bertz CT molecular complexity index is 929. The zero-order valence-corrected chi connectivity index (χ0v) is 20.9. The van der Waals surface area contributed by atoms with Gasteiger partial charge in [-0.1, -0.05) is 41.1 Å². The predicted molar refractivity (Wildman–Crippen MR) is 128 cm³/mol. The average Bonchev–Trinajstić information content (AvgIpc) is 2.72. The molecule has 1 N–H and O–H groups in total. The lowest BCUT2D eigenvalue weighted by Gasteiger charge is -2.29. The molecule has 2 amide bonds. The molecule has 6 heteroatoms. The van der Waals surface area contributed by atoms with Crippen LogP contribution < -0.4 is 10.1 Å². The van der Waals surface area contributed by atoms with E-state index in [9.17, 15) is 9.59 Å². The lowest BCUT2D eigenvalue weighted by molar-refractivity contribution is -0.142. The quantitative estimate of drug-likeness (QED) is 0.534. The number of halogens is 1. The van der Waals surface area contributed by atoms with E-state index in [2.05, 4.69) is 27.3 Å². The highest BCUT2D eigenvalue weighted by Gasteiger charge is 2.27. The first-order valence-corrected chi connectivity index (χ1v) is 11.5. The van der Waals surface area contributed by atoms with Crippen LogP contribution in [0.1, 0.15) is 49.4 Å². The van der Waals surface area contributed by atoms with Crippen LogP contribution in [0.4, 0.5) is 0 Å². The molecule has 0 aliphatic carbocycles. The number of hydrogen-bond donors (Lipinski definition) is 1. The van der Waals surface area contributed by atoms with E-state index >= 15 is 0 Å². The van der Waals surface area contributed by atoms with E-state index in [1.807, 2.05) is 65.0 Å². The summed E-state index contributed by atoms with van der Waals surface area (Å²) >= 11 is 3.47. The van der Waals surface area contributed by atoms with Crippen LogP contribution in [0.15, 0.2) is 40.9 Å². The number of carbonyl (C=O) groups excluding carboxylic acids is 2. The summed E-state index contributed by atoms with van der Waals surface area (Å²) in [5, 5.41) is 2.98. The number of nitrogens with one attached hydrogen (secondary N) is 1. The van der Waals surface area contributed by atoms with Gasteiger partial charge in [0.05, 0.1) is 0 Å². The molecule has 0 heterocycles. The van der Waals surface area contributed by atoms with Crippen LogP contribution in [-0.4, -0.2) is 35.4 Å². The van der Waals surface area contributed by atoms with Crippen LogP contribution in [0.5, 0.6) is 5.75 Å². The van der Waals surface area contributed by atoms with Crippen molar-refractivity contribution in [1.29, 1.82) is 0 Å². The predicted octanol–water partition coefficient (Wildman–Crippen LogP) is 5.09. The third-order valence-electron chi connectivity index (χ3n) is 5.53. The molecular formula is C25H33BrN2O3. The standard InChI is InChI=1S/C25H33BrN2O3/c1-7-18(4)27-25(30)20(6)28(14-21-9-8-10-22(26)13-21)24(29)15-31-23-12-16(2)11-17(3)19(23)5/h8-13,18,20H,7,14-15H2,1-6H3,(H,27,30). The fraction of sp³-hybridized carbons (Fsp3) is 0.440. The van der Waals surface area contributed by atoms with Crippen molar-refractivity contribution in [3.8, 4) is 5.75 Å². The molecule has 0 radical (unpaired) electrons. The van der Waals surface area contributed by atoms with Gasteiger partial charge in [-0.2, -0.15) is 0 Å². The van der Waals surface area contributed by atoms with Gasteiger partial charge in [-0.05, 0) is 81.5 Å². The summed E-state index contributed by atoms with van der Waals surface area (Å²) in [7, 11) is 0. The maximum Gasteiger partial charge on any atom is 0.261 e. The van der Waals surface area contributed by atoms with E-state index in [1.165, 1.54) is 0 Å². The second kappa shape index (κ2) is 11.3. The van der Waals surface area contributed by atoms with Crippen LogP contribution in [0.2, 0.25) is 0 Å². The van der Waals surface area contributed by atoms with Gasteiger partial charge in [-0.25, -0.2) is 0 Å². The van der Waals surface area contributed by atoms with Crippen molar-refractivity contribution in [1.82, 2.24) is 10.2 Å². The molecule has 2 unspecified atom stereocenters. The van der Waals surface area contributed by atoms with Crippen LogP contribution in [0.25, 0.3) is 0 Å². The first kappa shape index (κ1) is 24.9. The van der Waals surface area contributed by atoms with E-state index < -0.39 is 6.04 Å². The summed E-state index contributed by atoms with van der Waals surface area (Å²) in [5.41, 5.74) is 4.15. The van der Waals surface area contributed by atoms with Gasteiger partial charge in [-0.15, -0.1) is 0 Å². The van der Waals surface area contributed by atoms with Crippen molar-refractivity contribution >= 4 is 27.7 Å². The van der Waals surface area contributed by atoms with Gasteiger partial charge in [0.2, 0.25) is 5.91 Å². The van der Waals surface area contributed by atoms with Crippen molar-refractivity contribution in [2.75, 3.05) is 6.61 Å². The Morgan fingerprint density at radius 1 is 1.13 bits per heavy atom. The molecule has 0 saturated carbocycles. The normalized spacial score (nSPS) is 12.7. The molecule has 0 bridgehead atoms. The monoisotopic (exact) mass is 488 g/mol. The third-order valence-corrected chi connectivity index (χ3v) is 6.02. The van der Waals surface area contributed by atoms with Gasteiger partial charge < -0.3 is 15.0 Å². The molecule has 0 aliphatic rings. The van der Waals surface area contributed by atoms with Crippen molar-refractivity contribution in [3.05, 3.63) is 63.1 Å². The molecule has 2 aromatic rings. The van der Waals surface area contributed by atoms with Gasteiger partial charge in [0.25, 0.3) is 5.91 Å². The molecule has 0 fully saturated rings. The Labute approximate surface area is 194 Å². The highest BCUT2D eigenvalue weighted by atomic mass is 79.9. The first-order valence-electron chi connectivity index (χ1n) is 10.7. The van der Waals surface area contributed by atoms with Gasteiger partial charge in [0.1, 0.15) is 11.8 Å². The number of aryl methyl sites for hydroxylation is 2. The van der Waals surface area contributed by atoms with Crippen molar-refractivity contribution in [3.63, 3.8) is 0 Å². The summed E-state index contributed by atoms with van der Waals surface area (Å²) in [4.78, 5) is 27.6. The second-order valence-electron chi connectivity index (χ2n) is 8.14. The molecular weight excluding hydrogens is 456 g/mol. The lowest BCUT2D eigenvalue weighted by atomic mass is 10.1. The lowest BCUT2D eigenvalue weighted by Crippen LogP contribution is -2.50. The minimum absolute atomic E-state index is 0.0481. The smallest absolute Gasteiger partial charge is 0.261 e. The number of amides is 2. The zero-order chi connectivity index (χ0) is 23.1. The SMILES string of the molecule is CCC(C)NC(=O)C(C)N(Cc1cccc(Br)c1)C(=O)COc1cc(C)cc(C)c1C. The highest BCUT2D eigenvalue weighted by molar-refractivity contribution is 9.10. The summed E-state index contributed by atoms with van der Waals surface area (Å²) in [6.07, 6.45) is 0.827. The van der Waals surface area contributed by atoms with E-state index in [1.54, 1.807) is 11.8 Å². The van der Waals surface area contributed by atoms with E-state index in [-0.39, 0.29) is 24.5 Å². The minimum atomic E-state index is -0.621. The molecule has 0 spiro atoms. The molecule has 5 nitrogen and oxygen atoms in total. The third kappa shape index (κ3) is 7.10. The number of carbonyl (C=O) groups is 2. The first-order chi connectivity index (χ1) is 14.6. The Kier molecular flexibility index (Phi) is 9.11. The maximum absolute atomic E-state index is 13.2. The molecule has 2 atom stereocenters. The van der Waals surface area contributed by atoms with Crippen molar-refractivity contribution < 1.29 is 14.3 Å². The van der Waals surface area contributed by atoms with Gasteiger partial charge >= 0.3 is 0 Å². The number of ether oxygens (including phenoxy) is 1. The molecule has 2 rings (SSSR count). The minimum Gasteiger partial charge on any atom is -0.483 e. The summed E-state index contributed by atoms with van der Waals surface area (Å²) < 4.78 is 6.83. The van der Waals surface area contributed by atoms with Crippen LogP contribution >= 0.6 is 15.9 Å². The summed E-state index contributed by atoms with van der Waals surface area (Å²) in [6, 6.07) is 11.2. The van der Waals surface area contributed by atoms with Crippen LogP contribution in [-0.2, 0) is 16.1 Å². The fourth-order valence-electron chi connectivity index (χ4n) is 3.25. The summed E-state index contributed by atoms with van der Waals surface area (Å²) in [5.74, 6) is 0.301. The molecule has 0 aliphatic heterocycles. The van der Waals surface area contributed by atoms with E-state index in [4.69, 9.17) is 4.74 Å². The molecule has 0 aromatic heterocycles.